The molecule has 0 aromatic rings. The van der Waals surface area contributed by atoms with Gasteiger partial charge in [0.15, 0.2) is 5.79 Å². The second-order valence-corrected chi connectivity index (χ2v) is 11.8. The van der Waals surface area contributed by atoms with E-state index in [1.165, 1.54) is 0 Å². The van der Waals surface area contributed by atoms with Gasteiger partial charge in [0.25, 0.3) is 0 Å². The number of hydrogen-bond donors (Lipinski definition) is 5. The van der Waals surface area contributed by atoms with Crippen molar-refractivity contribution in [2.45, 2.75) is 89.4 Å². The predicted molar refractivity (Wildman–Crippen MR) is 135 cm³/mol. The Morgan fingerprint density at radius 1 is 1.03 bits per heavy atom. The SMILES string of the molecule is C[C@]12CC[C@](O)(OCCCN)C[C@H]1CC[C@@H]1[C@@H]2CC[C@]2(C)[C@@H](/C=C/C=N/N=C(N)N)CC[C@]12O. The fourth-order valence-electron chi connectivity index (χ4n) is 8.33. The lowest BCUT2D eigenvalue weighted by Crippen LogP contribution is -2.63. The van der Waals surface area contributed by atoms with Gasteiger partial charge < -0.3 is 32.2 Å². The summed E-state index contributed by atoms with van der Waals surface area (Å²) >= 11 is 0. The van der Waals surface area contributed by atoms with E-state index in [2.05, 4.69) is 30.1 Å². The highest BCUT2D eigenvalue weighted by Gasteiger charge is 2.67. The maximum atomic E-state index is 12.3. The number of rotatable bonds is 7. The molecule has 0 bridgehead atoms. The zero-order chi connectivity index (χ0) is 24.6. The number of allylic oxidation sites excluding steroid dienone is 2. The van der Waals surface area contributed by atoms with Crippen molar-refractivity contribution in [3.63, 3.8) is 0 Å². The highest BCUT2D eigenvalue weighted by molar-refractivity contribution is 5.77. The van der Waals surface area contributed by atoms with Crippen molar-refractivity contribution >= 4 is 12.2 Å². The van der Waals surface area contributed by atoms with Gasteiger partial charge in [-0.3, -0.25) is 0 Å². The van der Waals surface area contributed by atoms with Crippen LogP contribution in [-0.4, -0.2) is 46.9 Å². The number of aliphatic hydroxyl groups is 2. The van der Waals surface area contributed by atoms with Gasteiger partial charge in [0.05, 0.1) is 12.2 Å². The van der Waals surface area contributed by atoms with E-state index in [1.807, 2.05) is 6.08 Å². The molecule has 0 unspecified atom stereocenters. The molecule has 8 atom stereocenters. The molecule has 34 heavy (non-hydrogen) atoms. The van der Waals surface area contributed by atoms with Crippen LogP contribution in [0.4, 0.5) is 0 Å². The van der Waals surface area contributed by atoms with Crippen LogP contribution in [0, 0.1) is 34.5 Å². The molecule has 4 rings (SSSR count). The minimum absolute atomic E-state index is 0.0578. The molecule has 8 heteroatoms. The van der Waals surface area contributed by atoms with Gasteiger partial charge >= 0.3 is 0 Å². The van der Waals surface area contributed by atoms with Crippen molar-refractivity contribution < 1.29 is 14.9 Å². The van der Waals surface area contributed by atoms with Gasteiger partial charge in [-0.25, -0.2) is 0 Å². The zero-order valence-corrected chi connectivity index (χ0v) is 21.0. The second-order valence-electron chi connectivity index (χ2n) is 11.8. The topological polar surface area (TPSA) is 152 Å². The molecule has 0 spiro atoms. The van der Waals surface area contributed by atoms with Gasteiger partial charge in [0.2, 0.25) is 5.96 Å². The van der Waals surface area contributed by atoms with Crippen molar-refractivity contribution in [3.8, 4) is 0 Å². The van der Waals surface area contributed by atoms with E-state index < -0.39 is 11.4 Å². The van der Waals surface area contributed by atoms with Gasteiger partial charge in [0.1, 0.15) is 0 Å². The summed E-state index contributed by atoms with van der Waals surface area (Å²) < 4.78 is 5.91. The van der Waals surface area contributed by atoms with Crippen LogP contribution in [-0.2, 0) is 4.74 Å². The van der Waals surface area contributed by atoms with Crippen LogP contribution in [0.5, 0.6) is 0 Å². The first kappa shape index (κ1) is 25.6. The van der Waals surface area contributed by atoms with E-state index in [-0.39, 0.29) is 16.8 Å². The Morgan fingerprint density at radius 3 is 2.56 bits per heavy atom. The van der Waals surface area contributed by atoms with Crippen molar-refractivity contribution in [1.29, 1.82) is 0 Å². The van der Waals surface area contributed by atoms with E-state index in [1.54, 1.807) is 6.21 Å². The lowest BCUT2D eigenvalue weighted by atomic mass is 9.43. The van der Waals surface area contributed by atoms with Crippen LogP contribution in [0.15, 0.2) is 22.4 Å². The maximum Gasteiger partial charge on any atom is 0.211 e. The standard InChI is InChI=1S/C26H45N5O3/c1-23-12-13-25(32,34-16-4-14-27)17-19(23)6-7-21-20(23)9-10-24(2)18(8-11-26(21,24)33)5-3-15-30-31-22(28)29/h3,5,15,18-21,32-33H,4,6-14,16-17,27H2,1-2H3,(H4,28,29,31)/b5-3+,30-15+/t18-,19+,20-,21+,23-,24+,25-,26-/m0/s1. The van der Waals surface area contributed by atoms with Gasteiger partial charge in [-0.05, 0) is 93.1 Å². The zero-order valence-electron chi connectivity index (χ0n) is 21.0. The molecule has 8 N–H and O–H groups in total. The highest BCUT2D eigenvalue weighted by atomic mass is 16.6. The summed E-state index contributed by atoms with van der Waals surface area (Å²) in [6.07, 6.45) is 14.8. The molecular formula is C26H45N5O3. The number of ether oxygens (including phenoxy) is 1. The molecule has 0 aromatic carbocycles. The number of nitrogens with two attached hydrogens (primary N) is 3. The Bertz CT molecular complexity index is 829. The third kappa shape index (κ3) is 4.31. The molecule has 0 saturated heterocycles. The molecule has 4 aliphatic carbocycles. The molecule has 192 valence electrons. The molecule has 0 radical (unpaired) electrons. The Morgan fingerprint density at radius 2 is 1.82 bits per heavy atom. The van der Waals surface area contributed by atoms with E-state index in [4.69, 9.17) is 21.9 Å². The fraction of sp³-hybridized carbons (Fsp3) is 0.846. The van der Waals surface area contributed by atoms with E-state index in [9.17, 15) is 10.2 Å². The summed E-state index contributed by atoms with van der Waals surface area (Å²) in [5, 5.41) is 30.9. The first-order valence-corrected chi connectivity index (χ1v) is 13.2. The van der Waals surface area contributed by atoms with Gasteiger partial charge in [0, 0.05) is 24.5 Å². The molecular weight excluding hydrogens is 430 g/mol. The summed E-state index contributed by atoms with van der Waals surface area (Å²) in [5.41, 5.74) is 15.6. The lowest BCUT2D eigenvalue weighted by molar-refractivity contribution is -0.269. The molecule has 8 nitrogen and oxygen atoms in total. The fourth-order valence-corrected chi connectivity index (χ4v) is 8.33. The van der Waals surface area contributed by atoms with Gasteiger partial charge in [-0.15, -0.1) is 5.10 Å². The van der Waals surface area contributed by atoms with Crippen molar-refractivity contribution in [2.24, 2.45) is 61.9 Å². The molecule has 0 heterocycles. The Kier molecular flexibility index (Phi) is 7.17. The molecule has 4 fully saturated rings. The summed E-state index contributed by atoms with van der Waals surface area (Å²) in [4.78, 5) is 0. The van der Waals surface area contributed by atoms with Crippen LogP contribution in [0.25, 0.3) is 0 Å². The highest BCUT2D eigenvalue weighted by Crippen LogP contribution is 2.69. The second kappa shape index (κ2) is 9.52. The Hall–Kier alpha value is -1.48. The number of hydrogen-bond acceptors (Lipinski definition) is 6. The van der Waals surface area contributed by atoms with E-state index in [0.717, 1.165) is 51.4 Å². The maximum absolute atomic E-state index is 12.3. The first-order valence-electron chi connectivity index (χ1n) is 13.2. The summed E-state index contributed by atoms with van der Waals surface area (Å²) in [7, 11) is 0. The number of nitrogens with zero attached hydrogens (tertiary/aromatic N) is 2. The van der Waals surface area contributed by atoms with Crippen molar-refractivity contribution in [1.82, 2.24) is 0 Å². The smallest absolute Gasteiger partial charge is 0.211 e. The minimum Gasteiger partial charge on any atom is -0.389 e. The molecule has 0 amide bonds. The summed E-state index contributed by atoms with van der Waals surface area (Å²) in [6, 6.07) is 0. The number of fused-ring (bicyclic) bond motifs is 5. The normalized spacial score (nSPS) is 46.3. The van der Waals surface area contributed by atoms with Crippen molar-refractivity contribution in [3.05, 3.63) is 12.2 Å². The van der Waals surface area contributed by atoms with Crippen LogP contribution < -0.4 is 17.2 Å². The van der Waals surface area contributed by atoms with Gasteiger partial charge in [-0.1, -0.05) is 19.9 Å². The summed E-state index contributed by atoms with van der Waals surface area (Å²) in [5.74, 6) is 0.465. The first-order chi connectivity index (χ1) is 16.1. The molecule has 0 aliphatic heterocycles. The Balaban J connectivity index is 1.48. The van der Waals surface area contributed by atoms with E-state index in [0.29, 0.717) is 49.7 Å². The van der Waals surface area contributed by atoms with E-state index >= 15 is 0 Å². The molecule has 4 aliphatic rings. The third-order valence-corrected chi connectivity index (χ3v) is 10.3. The monoisotopic (exact) mass is 475 g/mol. The molecule has 0 aromatic heterocycles. The quantitative estimate of drug-likeness (QED) is 0.125. The third-order valence-electron chi connectivity index (χ3n) is 10.3. The largest absolute Gasteiger partial charge is 0.389 e. The van der Waals surface area contributed by atoms with Gasteiger partial charge in [-0.2, -0.15) is 5.10 Å². The van der Waals surface area contributed by atoms with Crippen LogP contribution in [0.3, 0.4) is 0 Å². The van der Waals surface area contributed by atoms with Crippen molar-refractivity contribution in [2.75, 3.05) is 13.2 Å². The number of guanidine groups is 1. The van der Waals surface area contributed by atoms with Crippen LogP contribution >= 0.6 is 0 Å². The Labute approximate surface area is 204 Å². The average Bonchev–Trinajstić information content (AvgIpc) is 3.05. The predicted octanol–water partition coefficient (Wildman–Crippen LogP) is 2.63. The van der Waals surface area contributed by atoms with Crippen LogP contribution in [0.1, 0.15) is 78.1 Å². The lowest BCUT2D eigenvalue weighted by Gasteiger charge is -2.64. The minimum atomic E-state index is -1.02. The summed E-state index contributed by atoms with van der Waals surface area (Å²) in [6.45, 7) is 5.81. The van der Waals surface area contributed by atoms with Crippen LogP contribution in [0.2, 0.25) is 0 Å². The molecule has 4 saturated carbocycles. The average molecular weight is 476 g/mol.